The van der Waals surface area contributed by atoms with Crippen LogP contribution in [-0.2, 0) is 0 Å². The van der Waals surface area contributed by atoms with Crippen molar-refractivity contribution < 1.29 is 0 Å². The first kappa shape index (κ1) is 28.6. The zero-order chi connectivity index (χ0) is 33.0. The van der Waals surface area contributed by atoms with Crippen LogP contribution in [0.25, 0.3) is 92.7 Å². The lowest BCUT2D eigenvalue weighted by molar-refractivity contribution is 1.16. The Morgan fingerprint density at radius 3 is 1.86 bits per heavy atom. The first-order chi connectivity index (χ1) is 24.8. The lowest BCUT2D eigenvalue weighted by atomic mass is 10.00. The number of thiophene rings is 1. The van der Waals surface area contributed by atoms with Gasteiger partial charge < -0.3 is 4.57 Å². The van der Waals surface area contributed by atoms with Crippen molar-refractivity contribution in [3.63, 3.8) is 0 Å². The molecule has 7 aromatic carbocycles. The lowest BCUT2D eigenvalue weighted by Crippen LogP contribution is -1.99. The van der Waals surface area contributed by atoms with Gasteiger partial charge in [0.15, 0.2) is 5.82 Å². The second-order valence-corrected chi connectivity index (χ2v) is 13.7. The summed E-state index contributed by atoms with van der Waals surface area (Å²) >= 11 is 1.83. The van der Waals surface area contributed by atoms with Crippen LogP contribution >= 0.6 is 11.3 Å². The second kappa shape index (κ2) is 11.7. The number of rotatable bonds is 5. The molecule has 0 radical (unpaired) electrons. The summed E-state index contributed by atoms with van der Waals surface area (Å²) in [5, 5.41) is 4.95. The van der Waals surface area contributed by atoms with Gasteiger partial charge in [-0.2, -0.15) is 0 Å². The molecule has 3 heterocycles. The van der Waals surface area contributed by atoms with Gasteiger partial charge in [0, 0.05) is 53.3 Å². The zero-order valence-electron chi connectivity index (χ0n) is 27.0. The van der Waals surface area contributed by atoms with E-state index in [2.05, 4.69) is 180 Å². The minimum Gasteiger partial charge on any atom is -0.309 e. The fourth-order valence-corrected chi connectivity index (χ4v) is 8.43. The highest BCUT2D eigenvalue weighted by Crippen LogP contribution is 2.40. The van der Waals surface area contributed by atoms with E-state index in [4.69, 9.17) is 9.97 Å². The molecule has 3 aromatic heterocycles. The molecule has 10 aromatic rings. The minimum absolute atomic E-state index is 0.699. The molecule has 0 N–H and O–H groups in total. The van der Waals surface area contributed by atoms with E-state index < -0.39 is 0 Å². The summed E-state index contributed by atoms with van der Waals surface area (Å²) in [5.74, 6) is 0.699. The van der Waals surface area contributed by atoms with Crippen LogP contribution in [-0.4, -0.2) is 14.5 Å². The number of benzene rings is 7. The van der Waals surface area contributed by atoms with E-state index in [1.807, 2.05) is 11.3 Å². The Kier molecular flexibility index (Phi) is 6.68. The zero-order valence-corrected chi connectivity index (χ0v) is 27.8. The standard InChI is InChI=1S/C46H29N3S/c1-3-13-30(14-4-1)31-15-11-16-32(27-31)40-29-41(33-25-26-37-36-20-8-10-24-43(36)50-44(37)28-33)48-46(47-40)39-22-12-21-38-35-19-7-9-23-42(35)49(45(38)39)34-17-5-2-6-18-34/h1-29H. The molecule has 0 aliphatic heterocycles. The molecule has 0 bridgehead atoms. The molecule has 50 heavy (non-hydrogen) atoms. The van der Waals surface area contributed by atoms with Crippen LogP contribution in [0, 0.1) is 0 Å². The predicted molar refractivity (Wildman–Crippen MR) is 211 cm³/mol. The van der Waals surface area contributed by atoms with Gasteiger partial charge in [-0.25, -0.2) is 9.97 Å². The highest BCUT2D eigenvalue weighted by atomic mass is 32.1. The molecule has 0 fully saturated rings. The van der Waals surface area contributed by atoms with Crippen molar-refractivity contribution >= 4 is 53.3 Å². The van der Waals surface area contributed by atoms with Gasteiger partial charge in [0.25, 0.3) is 0 Å². The maximum absolute atomic E-state index is 5.38. The molecular formula is C46H29N3S. The van der Waals surface area contributed by atoms with Gasteiger partial charge in [-0.1, -0.05) is 127 Å². The van der Waals surface area contributed by atoms with E-state index in [1.165, 1.54) is 36.5 Å². The number of hydrogen-bond acceptors (Lipinski definition) is 3. The lowest BCUT2D eigenvalue weighted by Gasteiger charge is -2.13. The Bertz CT molecular complexity index is 2870. The van der Waals surface area contributed by atoms with Crippen molar-refractivity contribution in [2.45, 2.75) is 0 Å². The topological polar surface area (TPSA) is 30.7 Å². The van der Waals surface area contributed by atoms with Gasteiger partial charge in [0.1, 0.15) is 0 Å². The fraction of sp³-hybridized carbons (Fsp3) is 0. The van der Waals surface area contributed by atoms with Crippen molar-refractivity contribution in [3.05, 3.63) is 176 Å². The average Bonchev–Trinajstić information content (AvgIpc) is 3.74. The summed E-state index contributed by atoms with van der Waals surface area (Å²) < 4.78 is 4.90. The van der Waals surface area contributed by atoms with E-state index in [1.54, 1.807) is 0 Å². The summed E-state index contributed by atoms with van der Waals surface area (Å²) in [6.07, 6.45) is 0. The molecule has 0 saturated carbocycles. The van der Waals surface area contributed by atoms with Crippen molar-refractivity contribution in [1.82, 2.24) is 14.5 Å². The highest BCUT2D eigenvalue weighted by molar-refractivity contribution is 7.25. The predicted octanol–water partition coefficient (Wildman–Crippen LogP) is 12.6. The molecule has 0 aliphatic carbocycles. The summed E-state index contributed by atoms with van der Waals surface area (Å²) in [5.41, 5.74) is 10.6. The van der Waals surface area contributed by atoms with Gasteiger partial charge in [-0.3, -0.25) is 0 Å². The van der Waals surface area contributed by atoms with E-state index in [0.717, 1.165) is 50.4 Å². The number of aromatic nitrogens is 3. The highest BCUT2D eigenvalue weighted by Gasteiger charge is 2.20. The first-order valence-electron chi connectivity index (χ1n) is 16.8. The summed E-state index contributed by atoms with van der Waals surface area (Å²) in [6, 6.07) is 62.5. The maximum atomic E-state index is 5.38. The molecule has 4 heteroatoms. The average molecular weight is 656 g/mol. The molecule has 0 saturated heterocycles. The Labute approximate surface area is 293 Å². The van der Waals surface area contributed by atoms with Crippen molar-refractivity contribution in [2.75, 3.05) is 0 Å². The van der Waals surface area contributed by atoms with E-state index in [0.29, 0.717) is 5.82 Å². The van der Waals surface area contributed by atoms with Crippen molar-refractivity contribution in [3.8, 4) is 50.7 Å². The van der Waals surface area contributed by atoms with E-state index in [-0.39, 0.29) is 0 Å². The fourth-order valence-electron chi connectivity index (χ4n) is 7.28. The number of hydrogen-bond donors (Lipinski definition) is 0. The molecule has 234 valence electrons. The Morgan fingerprint density at radius 1 is 0.400 bits per heavy atom. The van der Waals surface area contributed by atoms with Crippen LogP contribution in [0.1, 0.15) is 0 Å². The molecule has 0 spiro atoms. The Balaban J connectivity index is 1.24. The first-order valence-corrected chi connectivity index (χ1v) is 17.6. The minimum atomic E-state index is 0.699. The normalized spacial score (nSPS) is 11.6. The van der Waals surface area contributed by atoms with Crippen LogP contribution in [0.4, 0.5) is 0 Å². The smallest absolute Gasteiger partial charge is 0.162 e. The third-order valence-electron chi connectivity index (χ3n) is 9.62. The summed E-state index contributed by atoms with van der Waals surface area (Å²) in [6.45, 7) is 0. The number of para-hydroxylation sites is 3. The van der Waals surface area contributed by atoms with Gasteiger partial charge in [0.05, 0.1) is 22.4 Å². The van der Waals surface area contributed by atoms with Gasteiger partial charge in [-0.15, -0.1) is 11.3 Å². The van der Waals surface area contributed by atoms with Crippen molar-refractivity contribution in [1.29, 1.82) is 0 Å². The SMILES string of the molecule is c1ccc(-c2cccc(-c3cc(-c4ccc5c(c4)sc4ccccc45)nc(-c4cccc5c6ccccc6n(-c6ccccc6)c45)n3)c2)cc1. The molecule has 0 aliphatic rings. The van der Waals surface area contributed by atoms with E-state index >= 15 is 0 Å². The quantitative estimate of drug-likeness (QED) is 0.185. The van der Waals surface area contributed by atoms with Gasteiger partial charge in [-0.05, 0) is 59.7 Å². The van der Waals surface area contributed by atoms with Crippen molar-refractivity contribution in [2.24, 2.45) is 0 Å². The Hall–Kier alpha value is -6.36. The largest absolute Gasteiger partial charge is 0.309 e. The van der Waals surface area contributed by atoms with Crippen LogP contribution < -0.4 is 0 Å². The molecule has 10 rings (SSSR count). The van der Waals surface area contributed by atoms with Crippen LogP contribution in [0.2, 0.25) is 0 Å². The molecule has 0 amide bonds. The third-order valence-corrected chi connectivity index (χ3v) is 10.7. The monoisotopic (exact) mass is 655 g/mol. The summed E-state index contributed by atoms with van der Waals surface area (Å²) in [7, 11) is 0. The van der Waals surface area contributed by atoms with Gasteiger partial charge in [0.2, 0.25) is 0 Å². The summed E-state index contributed by atoms with van der Waals surface area (Å²) in [4.78, 5) is 10.7. The molecular weight excluding hydrogens is 627 g/mol. The number of fused-ring (bicyclic) bond motifs is 6. The number of nitrogens with zero attached hydrogens (tertiary/aromatic N) is 3. The third kappa shape index (κ3) is 4.73. The molecule has 0 unspecified atom stereocenters. The maximum Gasteiger partial charge on any atom is 0.162 e. The van der Waals surface area contributed by atoms with Crippen LogP contribution in [0.3, 0.4) is 0 Å². The van der Waals surface area contributed by atoms with Crippen LogP contribution in [0.15, 0.2) is 176 Å². The Morgan fingerprint density at radius 2 is 1.02 bits per heavy atom. The molecule has 3 nitrogen and oxygen atoms in total. The van der Waals surface area contributed by atoms with E-state index in [9.17, 15) is 0 Å². The van der Waals surface area contributed by atoms with Crippen LogP contribution in [0.5, 0.6) is 0 Å². The second-order valence-electron chi connectivity index (χ2n) is 12.6. The van der Waals surface area contributed by atoms with Gasteiger partial charge >= 0.3 is 0 Å². The molecule has 0 atom stereocenters.